The van der Waals surface area contributed by atoms with Gasteiger partial charge in [-0.15, -0.1) is 0 Å². The van der Waals surface area contributed by atoms with Crippen LogP contribution in [-0.4, -0.2) is 37.5 Å². The van der Waals surface area contributed by atoms with Gasteiger partial charge in [-0.2, -0.15) is 0 Å². The first kappa shape index (κ1) is 21.2. The largest absolute Gasteiger partial charge is 0.497 e. The highest BCUT2D eigenvalue weighted by Crippen LogP contribution is 2.22. The maximum absolute atomic E-state index is 13.0. The van der Waals surface area contributed by atoms with Gasteiger partial charge in [0.15, 0.2) is 0 Å². The molecule has 0 aliphatic rings. The van der Waals surface area contributed by atoms with Crippen LogP contribution in [0.5, 0.6) is 5.75 Å². The summed E-state index contributed by atoms with van der Waals surface area (Å²) in [6.07, 6.45) is 3.27. The molecule has 2 rings (SSSR count). The molecule has 0 aliphatic heterocycles. The van der Waals surface area contributed by atoms with E-state index in [1.54, 1.807) is 25.0 Å². The normalized spacial score (nSPS) is 13.0. The summed E-state index contributed by atoms with van der Waals surface area (Å²) in [6, 6.07) is 17.0. The van der Waals surface area contributed by atoms with E-state index < -0.39 is 5.92 Å². The smallest absolute Gasteiger partial charge is 0.310 e. The van der Waals surface area contributed by atoms with Gasteiger partial charge in [-0.25, -0.2) is 0 Å². The number of rotatable bonds is 8. The van der Waals surface area contributed by atoms with Gasteiger partial charge in [-0.1, -0.05) is 49.4 Å². The van der Waals surface area contributed by atoms with Gasteiger partial charge in [0.1, 0.15) is 5.75 Å². The molecule has 2 unspecified atom stereocenters. The van der Waals surface area contributed by atoms with Crippen LogP contribution in [0.25, 0.3) is 6.08 Å². The molecule has 0 aliphatic carbocycles. The van der Waals surface area contributed by atoms with Crippen LogP contribution in [0.4, 0.5) is 0 Å². The first-order valence-corrected chi connectivity index (χ1v) is 9.21. The van der Waals surface area contributed by atoms with Crippen molar-refractivity contribution in [2.75, 3.05) is 20.8 Å². The zero-order valence-corrected chi connectivity index (χ0v) is 16.8. The molecule has 2 aromatic rings. The Balaban J connectivity index is 2.24. The molecule has 5 nitrogen and oxygen atoms in total. The van der Waals surface area contributed by atoms with E-state index in [1.165, 1.54) is 13.2 Å². The number of benzene rings is 2. The van der Waals surface area contributed by atoms with E-state index in [1.807, 2.05) is 61.5 Å². The van der Waals surface area contributed by atoms with Crippen molar-refractivity contribution in [1.82, 2.24) is 4.90 Å². The molecule has 0 saturated heterocycles. The van der Waals surface area contributed by atoms with Crippen LogP contribution in [0.15, 0.2) is 60.7 Å². The van der Waals surface area contributed by atoms with Crippen molar-refractivity contribution in [2.24, 2.45) is 5.92 Å². The minimum Gasteiger partial charge on any atom is -0.497 e. The maximum atomic E-state index is 13.0. The van der Waals surface area contributed by atoms with E-state index in [0.29, 0.717) is 0 Å². The predicted octanol–water partition coefficient (Wildman–Crippen LogP) is 4.11. The van der Waals surface area contributed by atoms with Gasteiger partial charge >= 0.3 is 5.97 Å². The van der Waals surface area contributed by atoms with Crippen molar-refractivity contribution in [3.05, 3.63) is 71.8 Å². The fourth-order valence-corrected chi connectivity index (χ4v) is 2.93. The maximum Gasteiger partial charge on any atom is 0.310 e. The minimum absolute atomic E-state index is 0.171. The third-order valence-corrected chi connectivity index (χ3v) is 4.62. The summed E-state index contributed by atoms with van der Waals surface area (Å²) in [4.78, 5) is 26.6. The standard InChI is InChI=1S/C23H27NO4/c1-17(23(26)28-4)16-24(18(2)20-10-6-5-7-11-20)22(25)14-13-19-9-8-12-21(15-19)27-3/h5-15,17-18H,16H2,1-4H3/b14-13+. The molecule has 2 atom stereocenters. The minimum atomic E-state index is -0.426. The van der Waals surface area contributed by atoms with Crippen LogP contribution in [0.2, 0.25) is 0 Å². The second-order valence-corrected chi connectivity index (χ2v) is 6.61. The Morgan fingerprint density at radius 1 is 1.04 bits per heavy atom. The summed E-state index contributed by atoms with van der Waals surface area (Å²) < 4.78 is 10.0. The second kappa shape index (κ2) is 10.3. The molecule has 2 aromatic carbocycles. The first-order chi connectivity index (χ1) is 13.5. The van der Waals surface area contributed by atoms with E-state index >= 15 is 0 Å². The molecule has 0 radical (unpaired) electrons. The van der Waals surface area contributed by atoms with Crippen molar-refractivity contribution in [1.29, 1.82) is 0 Å². The molecule has 0 spiro atoms. The molecule has 0 saturated carbocycles. The van der Waals surface area contributed by atoms with Crippen LogP contribution >= 0.6 is 0 Å². The molecule has 0 aromatic heterocycles. The zero-order chi connectivity index (χ0) is 20.5. The Bertz CT molecular complexity index is 816. The summed E-state index contributed by atoms with van der Waals surface area (Å²) in [5.41, 5.74) is 1.86. The molecule has 0 heterocycles. The third kappa shape index (κ3) is 5.71. The number of nitrogens with zero attached hydrogens (tertiary/aromatic N) is 1. The number of ether oxygens (including phenoxy) is 2. The van der Waals surface area contributed by atoms with Crippen molar-refractivity contribution in [3.8, 4) is 5.75 Å². The SMILES string of the molecule is COC(=O)C(C)CN(C(=O)/C=C/c1cccc(OC)c1)C(C)c1ccccc1. The lowest BCUT2D eigenvalue weighted by molar-refractivity contribution is -0.146. The summed E-state index contributed by atoms with van der Waals surface area (Å²) in [5.74, 6) is -0.210. The number of carbonyl (C=O) groups excluding carboxylic acids is 2. The quantitative estimate of drug-likeness (QED) is 0.510. The molecule has 0 fully saturated rings. The Morgan fingerprint density at radius 3 is 2.39 bits per heavy atom. The zero-order valence-electron chi connectivity index (χ0n) is 16.8. The number of carbonyl (C=O) groups is 2. The van der Waals surface area contributed by atoms with Crippen molar-refractivity contribution < 1.29 is 19.1 Å². The van der Waals surface area contributed by atoms with Gasteiger partial charge in [0.2, 0.25) is 5.91 Å². The Hall–Kier alpha value is -3.08. The highest BCUT2D eigenvalue weighted by Gasteiger charge is 2.25. The molecule has 148 valence electrons. The van der Waals surface area contributed by atoms with Crippen LogP contribution < -0.4 is 4.74 Å². The summed E-state index contributed by atoms with van der Waals surface area (Å²) in [5, 5.41) is 0. The Labute approximate surface area is 166 Å². The van der Waals surface area contributed by atoms with Gasteiger partial charge in [-0.3, -0.25) is 9.59 Å². The molecular weight excluding hydrogens is 354 g/mol. The van der Waals surface area contributed by atoms with Gasteiger partial charge in [0, 0.05) is 12.6 Å². The van der Waals surface area contributed by atoms with Crippen molar-refractivity contribution >= 4 is 18.0 Å². The van der Waals surface area contributed by atoms with Crippen LogP contribution in [0.3, 0.4) is 0 Å². The van der Waals surface area contributed by atoms with Crippen LogP contribution in [-0.2, 0) is 14.3 Å². The monoisotopic (exact) mass is 381 g/mol. The third-order valence-electron chi connectivity index (χ3n) is 4.62. The highest BCUT2D eigenvalue weighted by atomic mass is 16.5. The summed E-state index contributed by atoms with van der Waals surface area (Å²) in [6.45, 7) is 3.98. The molecule has 0 bridgehead atoms. The second-order valence-electron chi connectivity index (χ2n) is 6.61. The predicted molar refractivity (Wildman–Crippen MR) is 110 cm³/mol. The van der Waals surface area contributed by atoms with Gasteiger partial charge < -0.3 is 14.4 Å². The number of amides is 1. The van der Waals surface area contributed by atoms with E-state index in [2.05, 4.69) is 0 Å². The number of methoxy groups -OCH3 is 2. The number of hydrogen-bond donors (Lipinski definition) is 0. The molecule has 0 N–H and O–H groups in total. The fraction of sp³-hybridized carbons (Fsp3) is 0.304. The molecular formula is C23H27NO4. The lowest BCUT2D eigenvalue weighted by Crippen LogP contribution is -2.38. The van der Waals surface area contributed by atoms with E-state index in [4.69, 9.17) is 9.47 Å². The fourth-order valence-electron chi connectivity index (χ4n) is 2.93. The number of hydrogen-bond acceptors (Lipinski definition) is 4. The summed E-state index contributed by atoms with van der Waals surface area (Å²) in [7, 11) is 2.96. The van der Waals surface area contributed by atoms with E-state index in [-0.39, 0.29) is 24.5 Å². The topological polar surface area (TPSA) is 55.8 Å². The Morgan fingerprint density at radius 2 is 1.75 bits per heavy atom. The van der Waals surface area contributed by atoms with E-state index in [9.17, 15) is 9.59 Å². The highest BCUT2D eigenvalue weighted by molar-refractivity contribution is 5.92. The van der Waals surface area contributed by atoms with Gasteiger partial charge in [-0.05, 0) is 36.3 Å². The average Bonchev–Trinajstić information content (AvgIpc) is 2.75. The molecule has 28 heavy (non-hydrogen) atoms. The van der Waals surface area contributed by atoms with Gasteiger partial charge in [0.05, 0.1) is 26.2 Å². The van der Waals surface area contributed by atoms with Gasteiger partial charge in [0.25, 0.3) is 0 Å². The van der Waals surface area contributed by atoms with Crippen molar-refractivity contribution in [2.45, 2.75) is 19.9 Å². The molecule has 5 heteroatoms. The lowest BCUT2D eigenvalue weighted by atomic mass is 10.0. The summed E-state index contributed by atoms with van der Waals surface area (Å²) >= 11 is 0. The number of esters is 1. The van der Waals surface area contributed by atoms with Crippen molar-refractivity contribution in [3.63, 3.8) is 0 Å². The lowest BCUT2D eigenvalue weighted by Gasteiger charge is -2.30. The van der Waals surface area contributed by atoms with Crippen LogP contribution in [0, 0.1) is 5.92 Å². The first-order valence-electron chi connectivity index (χ1n) is 9.21. The van der Waals surface area contributed by atoms with Crippen LogP contribution in [0.1, 0.15) is 31.0 Å². The Kier molecular flexibility index (Phi) is 7.81. The average molecular weight is 381 g/mol. The molecule has 1 amide bonds. The van der Waals surface area contributed by atoms with E-state index in [0.717, 1.165) is 16.9 Å².